The molecule has 0 bridgehead atoms. The van der Waals surface area contributed by atoms with Crippen LogP contribution in [0.4, 0.5) is 5.69 Å². The molecule has 1 aromatic rings. The first kappa shape index (κ1) is 11.3. The molecule has 0 aliphatic carbocycles. The molecule has 1 aromatic carbocycles. The average Bonchev–Trinajstić information content (AvgIpc) is 2.52. The highest BCUT2D eigenvalue weighted by Crippen LogP contribution is 2.22. The van der Waals surface area contributed by atoms with Gasteiger partial charge in [-0.25, -0.2) is 0 Å². The van der Waals surface area contributed by atoms with Crippen LogP contribution in [0.25, 0.3) is 0 Å². The lowest BCUT2D eigenvalue weighted by Gasteiger charge is -2.19. The fourth-order valence-corrected chi connectivity index (χ4v) is 2.24. The van der Waals surface area contributed by atoms with E-state index in [0.717, 1.165) is 12.1 Å². The zero-order chi connectivity index (χ0) is 11.4. The molecule has 0 amide bonds. The molecule has 88 valence electrons. The largest absolute Gasteiger partial charge is 0.506 e. The van der Waals surface area contributed by atoms with E-state index in [1.54, 1.807) is 12.1 Å². The molecule has 1 aliphatic heterocycles. The molecular formula is C13H20N2O. The predicted octanol–water partition coefficient (Wildman–Crippen LogP) is 2.35. The second-order valence-electron chi connectivity index (χ2n) is 4.58. The van der Waals surface area contributed by atoms with E-state index in [4.69, 9.17) is 5.73 Å². The number of aromatic hydroxyl groups is 1. The summed E-state index contributed by atoms with van der Waals surface area (Å²) in [5, 5.41) is 9.54. The van der Waals surface area contributed by atoms with Gasteiger partial charge >= 0.3 is 0 Å². The van der Waals surface area contributed by atoms with Crippen LogP contribution in [-0.4, -0.2) is 23.1 Å². The molecule has 2 rings (SSSR count). The van der Waals surface area contributed by atoms with Crippen molar-refractivity contribution in [3.63, 3.8) is 0 Å². The summed E-state index contributed by atoms with van der Waals surface area (Å²) < 4.78 is 0. The van der Waals surface area contributed by atoms with E-state index in [9.17, 15) is 5.11 Å². The summed E-state index contributed by atoms with van der Waals surface area (Å²) in [6, 6.07) is 5.56. The van der Waals surface area contributed by atoms with Crippen LogP contribution in [0.5, 0.6) is 5.75 Å². The highest BCUT2D eigenvalue weighted by Gasteiger charge is 2.09. The van der Waals surface area contributed by atoms with Gasteiger partial charge in [-0.15, -0.1) is 0 Å². The van der Waals surface area contributed by atoms with Crippen molar-refractivity contribution in [3.05, 3.63) is 23.8 Å². The molecule has 3 heteroatoms. The Morgan fingerprint density at radius 2 is 1.81 bits per heavy atom. The van der Waals surface area contributed by atoms with E-state index < -0.39 is 0 Å². The first-order valence-electron chi connectivity index (χ1n) is 6.05. The molecule has 0 unspecified atom stereocenters. The predicted molar refractivity (Wildman–Crippen MR) is 66.3 cm³/mol. The van der Waals surface area contributed by atoms with Crippen molar-refractivity contribution in [2.45, 2.75) is 32.2 Å². The molecule has 16 heavy (non-hydrogen) atoms. The molecular weight excluding hydrogens is 200 g/mol. The van der Waals surface area contributed by atoms with E-state index in [1.807, 2.05) is 6.07 Å². The summed E-state index contributed by atoms with van der Waals surface area (Å²) >= 11 is 0. The van der Waals surface area contributed by atoms with E-state index in [0.29, 0.717) is 5.69 Å². The summed E-state index contributed by atoms with van der Waals surface area (Å²) in [5.41, 5.74) is 7.19. The Hall–Kier alpha value is -1.22. The zero-order valence-electron chi connectivity index (χ0n) is 9.65. The number of hydrogen-bond donors (Lipinski definition) is 2. The van der Waals surface area contributed by atoms with E-state index in [-0.39, 0.29) is 5.75 Å². The number of rotatable bonds is 2. The van der Waals surface area contributed by atoms with Crippen molar-refractivity contribution in [2.24, 2.45) is 0 Å². The standard InChI is InChI=1S/C13H20N2O/c14-12-6-5-11(9-13(12)16)10-15-7-3-1-2-4-8-15/h5-6,9,16H,1-4,7-8,10,14H2. The number of likely N-dealkylation sites (tertiary alicyclic amines) is 1. The molecule has 1 heterocycles. The topological polar surface area (TPSA) is 49.5 Å². The minimum absolute atomic E-state index is 0.201. The minimum atomic E-state index is 0.201. The van der Waals surface area contributed by atoms with E-state index in [1.165, 1.54) is 38.8 Å². The van der Waals surface area contributed by atoms with Crippen LogP contribution < -0.4 is 5.73 Å². The lowest BCUT2D eigenvalue weighted by molar-refractivity contribution is 0.276. The van der Waals surface area contributed by atoms with Crippen molar-refractivity contribution in [1.82, 2.24) is 4.90 Å². The number of hydrogen-bond acceptors (Lipinski definition) is 3. The minimum Gasteiger partial charge on any atom is -0.506 e. The Kier molecular flexibility index (Phi) is 3.67. The Morgan fingerprint density at radius 1 is 1.12 bits per heavy atom. The quantitative estimate of drug-likeness (QED) is 0.594. The van der Waals surface area contributed by atoms with Crippen molar-refractivity contribution < 1.29 is 5.11 Å². The van der Waals surface area contributed by atoms with Gasteiger partial charge in [0, 0.05) is 6.54 Å². The Labute approximate surface area is 96.9 Å². The number of anilines is 1. The number of nitrogens with two attached hydrogens (primary N) is 1. The number of phenols is 1. The summed E-state index contributed by atoms with van der Waals surface area (Å²) in [5.74, 6) is 0.201. The second kappa shape index (κ2) is 5.21. The molecule has 3 N–H and O–H groups in total. The maximum absolute atomic E-state index is 9.54. The smallest absolute Gasteiger partial charge is 0.138 e. The fraction of sp³-hybridized carbons (Fsp3) is 0.538. The van der Waals surface area contributed by atoms with Gasteiger partial charge in [0.1, 0.15) is 5.75 Å². The van der Waals surface area contributed by atoms with Gasteiger partial charge in [-0.2, -0.15) is 0 Å². The maximum atomic E-state index is 9.54. The summed E-state index contributed by atoms with van der Waals surface area (Å²) in [6.07, 6.45) is 5.29. The normalized spacial score (nSPS) is 18.2. The molecule has 0 atom stereocenters. The third kappa shape index (κ3) is 2.89. The number of benzene rings is 1. The van der Waals surface area contributed by atoms with Gasteiger partial charge in [-0.3, -0.25) is 4.90 Å². The maximum Gasteiger partial charge on any atom is 0.138 e. The Morgan fingerprint density at radius 3 is 2.44 bits per heavy atom. The van der Waals surface area contributed by atoms with Crippen molar-refractivity contribution >= 4 is 5.69 Å². The average molecular weight is 220 g/mol. The van der Waals surface area contributed by atoms with Gasteiger partial charge in [0.25, 0.3) is 0 Å². The van der Waals surface area contributed by atoms with Gasteiger partial charge < -0.3 is 10.8 Å². The monoisotopic (exact) mass is 220 g/mol. The molecule has 1 aliphatic rings. The first-order valence-corrected chi connectivity index (χ1v) is 6.05. The molecule has 1 fully saturated rings. The van der Waals surface area contributed by atoms with Crippen LogP contribution in [-0.2, 0) is 6.54 Å². The van der Waals surface area contributed by atoms with Crippen LogP contribution in [0, 0.1) is 0 Å². The fourth-order valence-electron chi connectivity index (χ4n) is 2.24. The lowest BCUT2D eigenvalue weighted by Crippen LogP contribution is -2.23. The van der Waals surface area contributed by atoms with Crippen molar-refractivity contribution in [2.75, 3.05) is 18.8 Å². The number of nitrogens with zero attached hydrogens (tertiary/aromatic N) is 1. The Bertz CT molecular complexity index is 344. The van der Waals surface area contributed by atoms with Crippen molar-refractivity contribution in [3.8, 4) is 5.75 Å². The van der Waals surface area contributed by atoms with E-state index in [2.05, 4.69) is 4.90 Å². The molecule has 1 saturated heterocycles. The summed E-state index contributed by atoms with van der Waals surface area (Å²) in [4.78, 5) is 2.46. The SMILES string of the molecule is Nc1ccc(CN2CCCCCC2)cc1O. The molecule has 3 nitrogen and oxygen atoms in total. The van der Waals surface area contributed by atoms with Crippen LogP contribution in [0.1, 0.15) is 31.2 Å². The summed E-state index contributed by atoms with van der Waals surface area (Å²) in [6.45, 7) is 3.27. The zero-order valence-corrected chi connectivity index (χ0v) is 9.65. The number of phenolic OH excluding ortho intramolecular Hbond substituents is 1. The third-order valence-electron chi connectivity index (χ3n) is 3.20. The molecule has 0 radical (unpaired) electrons. The molecule has 0 spiro atoms. The lowest BCUT2D eigenvalue weighted by atomic mass is 10.1. The second-order valence-corrected chi connectivity index (χ2v) is 4.58. The van der Waals surface area contributed by atoms with Crippen molar-refractivity contribution in [1.29, 1.82) is 0 Å². The highest BCUT2D eigenvalue weighted by atomic mass is 16.3. The van der Waals surface area contributed by atoms with Crippen LogP contribution in [0.15, 0.2) is 18.2 Å². The van der Waals surface area contributed by atoms with Gasteiger partial charge in [0.2, 0.25) is 0 Å². The van der Waals surface area contributed by atoms with E-state index >= 15 is 0 Å². The third-order valence-corrected chi connectivity index (χ3v) is 3.20. The van der Waals surface area contributed by atoms with Gasteiger partial charge in [-0.05, 0) is 43.6 Å². The number of nitrogen functional groups attached to an aromatic ring is 1. The van der Waals surface area contributed by atoms with Gasteiger partial charge in [0.15, 0.2) is 0 Å². The van der Waals surface area contributed by atoms with Crippen LogP contribution >= 0.6 is 0 Å². The van der Waals surface area contributed by atoms with Gasteiger partial charge in [-0.1, -0.05) is 18.9 Å². The van der Waals surface area contributed by atoms with Gasteiger partial charge in [0.05, 0.1) is 5.69 Å². The highest BCUT2D eigenvalue weighted by molar-refractivity contribution is 5.52. The first-order chi connectivity index (χ1) is 7.75. The van der Waals surface area contributed by atoms with Crippen LogP contribution in [0.3, 0.4) is 0 Å². The molecule has 0 aromatic heterocycles. The van der Waals surface area contributed by atoms with Crippen LogP contribution in [0.2, 0.25) is 0 Å². The molecule has 0 saturated carbocycles. The summed E-state index contributed by atoms with van der Waals surface area (Å²) in [7, 11) is 0. The Balaban J connectivity index is 1.99.